The molecule has 84 valence electrons. The topological polar surface area (TPSA) is 26.0 Å². The lowest BCUT2D eigenvalue weighted by molar-refractivity contribution is 0.380. The summed E-state index contributed by atoms with van der Waals surface area (Å²) in [6, 6.07) is 7.85. The molecule has 3 heteroatoms. The molecule has 1 rings (SSSR count). The Morgan fingerprint density at radius 1 is 1.33 bits per heavy atom. The zero-order chi connectivity index (χ0) is 11.3. The van der Waals surface area contributed by atoms with Crippen molar-refractivity contribution in [3.63, 3.8) is 0 Å². The predicted molar refractivity (Wildman–Crippen MR) is 65.2 cm³/mol. The molecule has 0 heterocycles. The van der Waals surface area contributed by atoms with Crippen molar-refractivity contribution in [2.45, 2.75) is 30.2 Å². The molecule has 0 aliphatic carbocycles. The van der Waals surface area contributed by atoms with E-state index in [1.165, 1.54) is 4.90 Å². The second-order valence-electron chi connectivity index (χ2n) is 3.61. The van der Waals surface area contributed by atoms with Gasteiger partial charge in [-0.1, -0.05) is 19.1 Å². The lowest BCUT2D eigenvalue weighted by Crippen LogP contribution is -2.30. The highest BCUT2D eigenvalue weighted by Gasteiger charge is 2.17. The van der Waals surface area contributed by atoms with Crippen LogP contribution in [0.3, 0.4) is 0 Å². The van der Waals surface area contributed by atoms with Crippen molar-refractivity contribution in [2.24, 2.45) is 5.73 Å². The zero-order valence-electron chi connectivity index (χ0n) is 9.24. The van der Waals surface area contributed by atoms with Crippen LogP contribution in [0.5, 0.6) is 0 Å². The Balaban J connectivity index is 2.83. The standard InChI is InChI=1S/C12H18FNS/c1-3-11(12(14)8-13)9-4-6-10(15-2)7-5-9/h4-7,11-12H,3,8,14H2,1-2H3. The van der Waals surface area contributed by atoms with Gasteiger partial charge >= 0.3 is 0 Å². The lowest BCUT2D eigenvalue weighted by Gasteiger charge is -2.20. The number of thioether (sulfide) groups is 1. The predicted octanol–water partition coefficient (Wildman–Crippen LogP) is 3.20. The minimum Gasteiger partial charge on any atom is -0.325 e. The van der Waals surface area contributed by atoms with Crippen LogP contribution < -0.4 is 5.73 Å². The Morgan fingerprint density at radius 3 is 2.33 bits per heavy atom. The van der Waals surface area contributed by atoms with E-state index < -0.39 is 6.67 Å². The Kier molecular flexibility index (Phi) is 5.12. The third-order valence-electron chi connectivity index (χ3n) is 2.68. The molecule has 15 heavy (non-hydrogen) atoms. The van der Waals surface area contributed by atoms with E-state index in [1.54, 1.807) is 11.8 Å². The molecule has 0 aliphatic rings. The largest absolute Gasteiger partial charge is 0.325 e. The smallest absolute Gasteiger partial charge is 0.105 e. The molecule has 0 spiro atoms. The Bertz CT molecular complexity index is 286. The quantitative estimate of drug-likeness (QED) is 0.782. The highest BCUT2D eigenvalue weighted by Crippen LogP contribution is 2.25. The average molecular weight is 227 g/mol. The van der Waals surface area contributed by atoms with Crippen LogP contribution in [0.15, 0.2) is 29.2 Å². The number of hydrogen-bond acceptors (Lipinski definition) is 2. The van der Waals surface area contributed by atoms with Gasteiger partial charge in [-0.2, -0.15) is 0 Å². The Labute approximate surface area is 95.2 Å². The fourth-order valence-electron chi connectivity index (χ4n) is 1.74. The second kappa shape index (κ2) is 6.13. The Hall–Kier alpha value is -0.540. The van der Waals surface area contributed by atoms with Gasteiger partial charge < -0.3 is 5.73 Å². The molecule has 0 amide bonds. The maximum absolute atomic E-state index is 12.5. The lowest BCUT2D eigenvalue weighted by atomic mass is 9.90. The monoisotopic (exact) mass is 227 g/mol. The summed E-state index contributed by atoms with van der Waals surface area (Å²) in [7, 11) is 0. The first-order chi connectivity index (χ1) is 7.22. The molecule has 2 N–H and O–H groups in total. The molecule has 0 aliphatic heterocycles. The number of nitrogens with two attached hydrogens (primary N) is 1. The highest BCUT2D eigenvalue weighted by atomic mass is 32.2. The van der Waals surface area contributed by atoms with Gasteiger partial charge in [0.2, 0.25) is 0 Å². The minimum atomic E-state index is -0.456. The van der Waals surface area contributed by atoms with Crippen LogP contribution in [0.25, 0.3) is 0 Å². The van der Waals surface area contributed by atoms with Crippen molar-refractivity contribution in [1.29, 1.82) is 0 Å². The second-order valence-corrected chi connectivity index (χ2v) is 4.49. The van der Waals surface area contributed by atoms with E-state index >= 15 is 0 Å². The van der Waals surface area contributed by atoms with Crippen LogP contribution in [-0.2, 0) is 0 Å². The van der Waals surface area contributed by atoms with E-state index in [4.69, 9.17) is 5.73 Å². The summed E-state index contributed by atoms with van der Waals surface area (Å²) < 4.78 is 12.5. The van der Waals surface area contributed by atoms with Crippen molar-refractivity contribution in [1.82, 2.24) is 0 Å². The number of alkyl halides is 1. The van der Waals surface area contributed by atoms with Gasteiger partial charge in [-0.25, -0.2) is 4.39 Å². The molecule has 0 bridgehead atoms. The fourth-order valence-corrected chi connectivity index (χ4v) is 2.15. The number of halogens is 1. The van der Waals surface area contributed by atoms with Crippen LogP contribution in [0, 0.1) is 0 Å². The fraction of sp³-hybridized carbons (Fsp3) is 0.500. The molecule has 2 unspecified atom stereocenters. The number of rotatable bonds is 5. The van der Waals surface area contributed by atoms with Gasteiger partial charge in [0.05, 0.1) is 0 Å². The van der Waals surface area contributed by atoms with Gasteiger partial charge in [0.15, 0.2) is 0 Å². The van der Waals surface area contributed by atoms with Crippen LogP contribution >= 0.6 is 11.8 Å². The minimum absolute atomic E-state index is 0.130. The SMILES string of the molecule is CCC(c1ccc(SC)cc1)C(N)CF. The van der Waals surface area contributed by atoms with Gasteiger partial charge in [0.1, 0.15) is 6.67 Å². The average Bonchev–Trinajstić information content (AvgIpc) is 2.30. The summed E-state index contributed by atoms with van der Waals surface area (Å²) >= 11 is 1.71. The van der Waals surface area contributed by atoms with Gasteiger partial charge in [0.25, 0.3) is 0 Å². The van der Waals surface area contributed by atoms with E-state index in [2.05, 4.69) is 24.3 Å². The van der Waals surface area contributed by atoms with Crippen LogP contribution in [-0.4, -0.2) is 19.0 Å². The first-order valence-corrected chi connectivity index (χ1v) is 6.40. The van der Waals surface area contributed by atoms with Crippen molar-refractivity contribution in [2.75, 3.05) is 12.9 Å². The normalized spacial score (nSPS) is 14.9. The third kappa shape index (κ3) is 3.21. The van der Waals surface area contributed by atoms with E-state index in [-0.39, 0.29) is 12.0 Å². The molecule has 0 saturated carbocycles. The van der Waals surface area contributed by atoms with Crippen LogP contribution in [0.4, 0.5) is 4.39 Å². The molecule has 1 aromatic carbocycles. The maximum atomic E-state index is 12.5. The van der Waals surface area contributed by atoms with Crippen LogP contribution in [0.1, 0.15) is 24.8 Å². The van der Waals surface area contributed by atoms with Gasteiger partial charge in [-0.15, -0.1) is 11.8 Å². The van der Waals surface area contributed by atoms with Crippen molar-refractivity contribution < 1.29 is 4.39 Å². The summed E-state index contributed by atoms with van der Waals surface area (Å²) in [5.74, 6) is 0.130. The Morgan fingerprint density at radius 2 is 1.93 bits per heavy atom. The summed E-state index contributed by atoms with van der Waals surface area (Å²) in [6.45, 7) is 1.59. The zero-order valence-corrected chi connectivity index (χ0v) is 10.1. The third-order valence-corrected chi connectivity index (χ3v) is 3.42. The molecular formula is C12H18FNS. The highest BCUT2D eigenvalue weighted by molar-refractivity contribution is 7.98. The number of benzene rings is 1. The van der Waals surface area contributed by atoms with E-state index in [0.717, 1.165) is 12.0 Å². The number of hydrogen-bond donors (Lipinski definition) is 1. The summed E-state index contributed by atoms with van der Waals surface area (Å²) in [6.07, 6.45) is 2.92. The van der Waals surface area contributed by atoms with Gasteiger partial charge in [-0.05, 0) is 30.4 Å². The molecule has 2 atom stereocenters. The van der Waals surface area contributed by atoms with Crippen molar-refractivity contribution in [3.8, 4) is 0 Å². The molecule has 0 fully saturated rings. The van der Waals surface area contributed by atoms with Crippen LogP contribution in [0.2, 0.25) is 0 Å². The summed E-state index contributed by atoms with van der Waals surface area (Å²) in [4.78, 5) is 1.22. The van der Waals surface area contributed by atoms with Crippen molar-refractivity contribution >= 4 is 11.8 Å². The molecule has 0 radical (unpaired) electrons. The van der Waals surface area contributed by atoms with E-state index in [9.17, 15) is 4.39 Å². The molecule has 0 saturated heterocycles. The molecule has 0 aromatic heterocycles. The first kappa shape index (κ1) is 12.5. The molecular weight excluding hydrogens is 209 g/mol. The summed E-state index contributed by atoms with van der Waals surface area (Å²) in [5, 5.41) is 0. The summed E-state index contributed by atoms with van der Waals surface area (Å²) in [5.41, 5.74) is 6.89. The van der Waals surface area contributed by atoms with Gasteiger partial charge in [-0.3, -0.25) is 0 Å². The van der Waals surface area contributed by atoms with E-state index in [1.807, 2.05) is 13.2 Å². The van der Waals surface area contributed by atoms with E-state index in [0.29, 0.717) is 0 Å². The first-order valence-electron chi connectivity index (χ1n) is 5.18. The maximum Gasteiger partial charge on any atom is 0.105 e. The molecule has 1 nitrogen and oxygen atoms in total. The van der Waals surface area contributed by atoms with Crippen molar-refractivity contribution in [3.05, 3.63) is 29.8 Å². The van der Waals surface area contributed by atoms with Gasteiger partial charge in [0, 0.05) is 16.9 Å². The molecule has 1 aromatic rings.